The molecule has 0 unspecified atom stereocenters. The van der Waals surface area contributed by atoms with Gasteiger partial charge in [-0.1, -0.05) is 0 Å². The summed E-state index contributed by atoms with van der Waals surface area (Å²) in [5.41, 5.74) is 2.62. The maximum absolute atomic E-state index is 5.66. The van der Waals surface area contributed by atoms with E-state index in [1.807, 2.05) is 6.92 Å². The lowest BCUT2D eigenvalue weighted by Crippen LogP contribution is -3.62. The molecule has 2 aromatic rings. The van der Waals surface area contributed by atoms with E-state index in [2.05, 4.69) is 50.2 Å². The number of halogens is 1. The van der Waals surface area contributed by atoms with Crippen LogP contribution in [0.25, 0.3) is 0 Å². The van der Waals surface area contributed by atoms with Crippen LogP contribution in [-0.4, -0.2) is 26.9 Å². The van der Waals surface area contributed by atoms with Gasteiger partial charge in [-0.3, -0.25) is 0 Å². The molecular weight excluding hydrogens is 403 g/mol. The Morgan fingerprint density at radius 2 is 1.57 bits per heavy atom. The number of aryl methyl sites for hydroxylation is 2. The summed E-state index contributed by atoms with van der Waals surface area (Å²) in [6, 6.07) is 12.7. The molecule has 2 rings (SSSR count). The third-order valence-corrected chi connectivity index (χ3v) is 6.95. The first-order valence-corrected chi connectivity index (χ1v) is 9.90. The molecule has 0 fully saturated rings. The summed E-state index contributed by atoms with van der Waals surface area (Å²) < 4.78 is 19.1. The molecule has 0 aliphatic rings. The van der Waals surface area contributed by atoms with Gasteiger partial charge < -0.3 is 14.2 Å². The molecule has 0 saturated heterocycles. The van der Waals surface area contributed by atoms with Crippen LogP contribution in [0.3, 0.4) is 0 Å². The smallest absolute Gasteiger partial charge is 0.358 e. The normalized spacial score (nSPS) is 10.6. The van der Waals surface area contributed by atoms with E-state index in [9.17, 15) is 0 Å². The van der Waals surface area contributed by atoms with Crippen LogP contribution in [0.5, 0.6) is 11.5 Å². The highest BCUT2D eigenvalue weighted by atomic mass is 127. The summed E-state index contributed by atoms with van der Waals surface area (Å²) in [6.07, 6.45) is 0. The predicted octanol–water partition coefficient (Wildman–Crippen LogP) is 0.856. The molecule has 3 nitrogen and oxygen atoms in total. The molecule has 124 valence electrons. The Labute approximate surface area is 149 Å². The maximum Gasteiger partial charge on any atom is 0.358 e. The summed E-state index contributed by atoms with van der Waals surface area (Å²) in [7, 11) is 1.72. The highest BCUT2D eigenvalue weighted by Crippen LogP contribution is 2.15. The van der Waals surface area contributed by atoms with Crippen molar-refractivity contribution in [3.8, 4) is 11.5 Å². The fraction of sp³-hybridized carbons (Fsp3) is 0.368. The van der Waals surface area contributed by atoms with Crippen molar-refractivity contribution >= 4 is 0 Å². The van der Waals surface area contributed by atoms with Crippen molar-refractivity contribution in [1.29, 1.82) is 0 Å². The summed E-state index contributed by atoms with van der Waals surface area (Å²) in [6.45, 7) is 8.27. The average molecular weight is 427 g/mol. The Morgan fingerprint density at radius 3 is 2.13 bits per heavy atom. The zero-order chi connectivity index (χ0) is 16.7. The first kappa shape index (κ1) is 18.1. The van der Waals surface area contributed by atoms with E-state index < -0.39 is 0 Å². The molecule has 0 saturated carbocycles. The molecule has 0 heterocycles. The second-order valence-electron chi connectivity index (χ2n) is 5.17. The summed E-state index contributed by atoms with van der Waals surface area (Å²) in [5, 5.41) is 0. The molecule has 4 heteroatoms. The van der Waals surface area contributed by atoms with Crippen LogP contribution in [0.15, 0.2) is 36.4 Å². The Morgan fingerprint density at radius 1 is 0.913 bits per heavy atom. The van der Waals surface area contributed by atoms with E-state index in [0.717, 1.165) is 18.1 Å². The zero-order valence-corrected chi connectivity index (χ0v) is 16.3. The highest BCUT2D eigenvalue weighted by molar-refractivity contribution is 5.32. The van der Waals surface area contributed by atoms with E-state index in [1.54, 1.807) is 7.11 Å². The topological polar surface area (TPSA) is 27.7 Å². The van der Waals surface area contributed by atoms with Crippen molar-refractivity contribution in [3.05, 3.63) is 54.7 Å². The third-order valence-electron chi connectivity index (χ3n) is 3.36. The van der Waals surface area contributed by atoms with E-state index in [0.29, 0.717) is 13.2 Å². The van der Waals surface area contributed by atoms with E-state index >= 15 is 0 Å². The molecule has 0 aliphatic carbocycles. The molecule has 0 aliphatic heterocycles. The van der Waals surface area contributed by atoms with Crippen molar-refractivity contribution < 1.29 is 35.4 Å². The van der Waals surface area contributed by atoms with Crippen LogP contribution in [0.4, 0.5) is 0 Å². The van der Waals surface area contributed by atoms with Crippen LogP contribution in [0, 0.1) is 21.0 Å². The number of hydrogen-bond acceptors (Lipinski definition) is 3. The molecule has 0 atom stereocenters. The van der Waals surface area contributed by atoms with Gasteiger partial charge in [-0.05, 0) is 57.2 Å². The molecule has 0 bridgehead atoms. The zero-order valence-electron chi connectivity index (χ0n) is 14.2. The van der Waals surface area contributed by atoms with E-state index in [-0.39, 0.29) is 21.2 Å². The van der Waals surface area contributed by atoms with Gasteiger partial charge in [0, 0.05) is 17.7 Å². The first-order valence-electron chi connectivity index (χ1n) is 7.74. The first-order chi connectivity index (χ1) is 11.1. The van der Waals surface area contributed by atoms with Crippen LogP contribution >= 0.6 is 0 Å². The van der Waals surface area contributed by atoms with Crippen molar-refractivity contribution in [2.24, 2.45) is 0 Å². The van der Waals surface area contributed by atoms with Gasteiger partial charge in [0.15, 0.2) is 7.14 Å². The lowest BCUT2D eigenvalue weighted by Gasteiger charge is -2.06. The number of hydrogen-bond donors (Lipinski definition) is 0. The molecule has 23 heavy (non-hydrogen) atoms. The summed E-state index contributed by atoms with van der Waals surface area (Å²) >= 11 is -0.201. The minimum Gasteiger partial charge on any atom is -0.497 e. The molecular formula is C19H24IO3+. The Balaban J connectivity index is 2.01. The highest BCUT2D eigenvalue weighted by Gasteiger charge is 2.22. The molecule has 0 radical (unpaired) electrons. The fourth-order valence-electron chi connectivity index (χ4n) is 2.24. The van der Waals surface area contributed by atoms with Crippen LogP contribution < -0.4 is 30.7 Å². The Bertz CT molecular complexity index is 600. The average Bonchev–Trinajstić information content (AvgIpc) is 2.56. The van der Waals surface area contributed by atoms with E-state index in [4.69, 9.17) is 14.2 Å². The number of benzene rings is 2. The van der Waals surface area contributed by atoms with Crippen LogP contribution in [0.2, 0.25) is 0 Å². The van der Waals surface area contributed by atoms with Gasteiger partial charge in [0.1, 0.15) is 18.1 Å². The van der Waals surface area contributed by atoms with Crippen molar-refractivity contribution in [1.82, 2.24) is 0 Å². The number of ether oxygens (including phenoxy) is 3. The van der Waals surface area contributed by atoms with Gasteiger partial charge >= 0.3 is 21.2 Å². The Kier molecular flexibility index (Phi) is 7.17. The van der Waals surface area contributed by atoms with Crippen LogP contribution in [-0.2, 0) is 4.74 Å². The lowest BCUT2D eigenvalue weighted by atomic mass is 10.1. The van der Waals surface area contributed by atoms with Gasteiger partial charge in [0.05, 0.1) is 13.7 Å². The predicted molar refractivity (Wildman–Crippen MR) is 88.3 cm³/mol. The number of rotatable bonds is 8. The maximum atomic E-state index is 5.66. The number of methoxy groups -OCH3 is 1. The van der Waals surface area contributed by atoms with Gasteiger partial charge in [-0.15, -0.1) is 0 Å². The van der Waals surface area contributed by atoms with E-state index in [1.165, 1.54) is 18.3 Å². The molecule has 0 spiro atoms. The third kappa shape index (κ3) is 5.39. The van der Waals surface area contributed by atoms with Crippen molar-refractivity contribution in [2.75, 3.05) is 26.9 Å². The minimum absolute atomic E-state index is 0.201. The monoisotopic (exact) mass is 427 g/mol. The fourth-order valence-corrected chi connectivity index (χ4v) is 4.74. The standard InChI is InChI=1S/C19H24IO3/c1-5-22-10-11-23-17-8-6-16(7-9-17)20-19-14(2)12-18(21-4)13-15(19)3/h6-9,12-13H,5,10-11H2,1-4H3/q+1. The second kappa shape index (κ2) is 9.13. The molecule has 0 amide bonds. The van der Waals surface area contributed by atoms with Gasteiger partial charge in [-0.2, -0.15) is 0 Å². The second-order valence-corrected chi connectivity index (χ2v) is 8.03. The largest absolute Gasteiger partial charge is 0.497 e. The minimum atomic E-state index is -0.201. The molecule has 2 aromatic carbocycles. The summed E-state index contributed by atoms with van der Waals surface area (Å²) in [5.74, 6) is 1.84. The van der Waals surface area contributed by atoms with Crippen LogP contribution in [0.1, 0.15) is 18.1 Å². The Hall–Kier alpha value is -1.27. The quantitative estimate of drug-likeness (QED) is 0.462. The SMILES string of the molecule is CCOCCOc1ccc([I+]c2c(C)cc(OC)cc2C)cc1. The van der Waals surface area contributed by atoms with Gasteiger partial charge in [0.2, 0.25) is 0 Å². The lowest BCUT2D eigenvalue weighted by molar-refractivity contribution is -0.598. The van der Waals surface area contributed by atoms with Gasteiger partial charge in [0.25, 0.3) is 0 Å². The van der Waals surface area contributed by atoms with Crippen molar-refractivity contribution in [3.63, 3.8) is 0 Å². The molecule has 0 aromatic heterocycles. The van der Waals surface area contributed by atoms with Crippen molar-refractivity contribution in [2.45, 2.75) is 20.8 Å². The van der Waals surface area contributed by atoms with Gasteiger partial charge in [-0.25, -0.2) is 0 Å². The molecule has 0 N–H and O–H groups in total. The summed E-state index contributed by atoms with van der Waals surface area (Å²) in [4.78, 5) is 0.